The van der Waals surface area contributed by atoms with Crippen molar-refractivity contribution in [1.29, 1.82) is 0 Å². The van der Waals surface area contributed by atoms with Gasteiger partial charge in [-0.25, -0.2) is 4.98 Å². The molecule has 16 heavy (non-hydrogen) atoms. The Balaban J connectivity index is 2.19. The van der Waals surface area contributed by atoms with Crippen LogP contribution >= 0.6 is 11.6 Å². The van der Waals surface area contributed by atoms with Crippen LogP contribution in [0.3, 0.4) is 0 Å². The lowest BCUT2D eigenvalue weighted by molar-refractivity contribution is 0.0939. The van der Waals surface area contributed by atoms with E-state index in [1.54, 1.807) is 6.20 Å². The van der Waals surface area contributed by atoms with Gasteiger partial charge in [-0.05, 0) is 19.2 Å². The van der Waals surface area contributed by atoms with E-state index in [2.05, 4.69) is 15.2 Å². The predicted molar refractivity (Wildman–Crippen MR) is 65.1 cm³/mol. The lowest BCUT2D eigenvalue weighted by Crippen LogP contribution is -2.50. The highest BCUT2D eigenvalue weighted by molar-refractivity contribution is 6.32. The Kier molecular flexibility index (Phi) is 3.98. The van der Waals surface area contributed by atoms with Crippen molar-refractivity contribution in [3.63, 3.8) is 0 Å². The number of ether oxygens (including phenoxy) is 1. The Morgan fingerprint density at radius 2 is 2.56 bits per heavy atom. The number of morpholine rings is 1. The van der Waals surface area contributed by atoms with E-state index < -0.39 is 0 Å². The number of aromatic nitrogens is 1. The number of pyridine rings is 1. The maximum absolute atomic E-state index is 6.16. The molecule has 4 nitrogen and oxygen atoms in total. The first kappa shape index (κ1) is 11.6. The number of rotatable bonds is 3. The SMILES string of the molecule is CNCC1COCCN1c1ncccc1Cl. The highest BCUT2D eigenvalue weighted by Crippen LogP contribution is 2.25. The molecular formula is C11H16ClN3O. The van der Waals surface area contributed by atoms with Crippen molar-refractivity contribution in [1.82, 2.24) is 10.3 Å². The number of hydrogen-bond donors (Lipinski definition) is 1. The van der Waals surface area contributed by atoms with Crippen molar-refractivity contribution in [3.05, 3.63) is 23.4 Å². The molecule has 0 aliphatic carbocycles. The molecule has 0 amide bonds. The summed E-state index contributed by atoms with van der Waals surface area (Å²) in [6.07, 6.45) is 1.77. The van der Waals surface area contributed by atoms with E-state index in [9.17, 15) is 0 Å². The second-order valence-electron chi connectivity index (χ2n) is 3.79. The van der Waals surface area contributed by atoms with Gasteiger partial charge in [0.1, 0.15) is 5.82 Å². The summed E-state index contributed by atoms with van der Waals surface area (Å²) in [6, 6.07) is 4.01. The average Bonchev–Trinajstić information content (AvgIpc) is 2.31. The first-order valence-electron chi connectivity index (χ1n) is 5.42. The average molecular weight is 242 g/mol. The quantitative estimate of drug-likeness (QED) is 0.862. The fraction of sp³-hybridized carbons (Fsp3) is 0.545. The van der Waals surface area contributed by atoms with Crippen molar-refractivity contribution in [3.8, 4) is 0 Å². The minimum absolute atomic E-state index is 0.297. The molecule has 0 saturated carbocycles. The predicted octanol–water partition coefficient (Wildman–Crippen LogP) is 1.16. The summed E-state index contributed by atoms with van der Waals surface area (Å²) in [7, 11) is 1.94. The normalized spacial score (nSPS) is 21.1. The largest absolute Gasteiger partial charge is 0.377 e. The van der Waals surface area contributed by atoms with E-state index in [0.717, 1.165) is 25.5 Å². The molecule has 1 fully saturated rings. The highest BCUT2D eigenvalue weighted by atomic mass is 35.5. The monoisotopic (exact) mass is 241 g/mol. The number of nitrogens with one attached hydrogen (secondary N) is 1. The third-order valence-electron chi connectivity index (χ3n) is 2.68. The zero-order chi connectivity index (χ0) is 11.4. The topological polar surface area (TPSA) is 37.4 Å². The van der Waals surface area contributed by atoms with Crippen molar-refractivity contribution in [2.45, 2.75) is 6.04 Å². The molecule has 1 aliphatic heterocycles. The van der Waals surface area contributed by atoms with Gasteiger partial charge in [-0.2, -0.15) is 0 Å². The minimum Gasteiger partial charge on any atom is -0.377 e. The highest BCUT2D eigenvalue weighted by Gasteiger charge is 2.24. The number of likely N-dealkylation sites (N-methyl/N-ethyl adjacent to an activating group) is 1. The van der Waals surface area contributed by atoms with E-state index in [0.29, 0.717) is 17.7 Å². The van der Waals surface area contributed by atoms with Crippen LogP contribution in [-0.4, -0.2) is 44.4 Å². The molecule has 5 heteroatoms. The molecule has 2 rings (SSSR count). The number of halogens is 1. The van der Waals surface area contributed by atoms with Crippen LogP contribution in [0.25, 0.3) is 0 Å². The molecular weight excluding hydrogens is 226 g/mol. The van der Waals surface area contributed by atoms with Gasteiger partial charge in [0.15, 0.2) is 0 Å². The van der Waals surface area contributed by atoms with E-state index in [1.807, 2.05) is 19.2 Å². The molecule has 0 bridgehead atoms. The molecule has 1 aromatic rings. The molecule has 1 saturated heterocycles. The third-order valence-corrected chi connectivity index (χ3v) is 2.97. The maximum atomic E-state index is 6.16. The Labute approximate surface area is 101 Å². The fourth-order valence-electron chi connectivity index (χ4n) is 1.93. The van der Waals surface area contributed by atoms with Crippen LogP contribution in [0.1, 0.15) is 0 Å². The maximum Gasteiger partial charge on any atom is 0.147 e. The summed E-state index contributed by atoms with van der Waals surface area (Å²) >= 11 is 6.16. The van der Waals surface area contributed by atoms with E-state index in [1.165, 1.54) is 0 Å². The van der Waals surface area contributed by atoms with Gasteiger partial charge in [0.05, 0.1) is 24.3 Å². The number of hydrogen-bond acceptors (Lipinski definition) is 4. The van der Waals surface area contributed by atoms with Crippen molar-refractivity contribution in [2.24, 2.45) is 0 Å². The summed E-state index contributed by atoms with van der Waals surface area (Å²) in [5, 5.41) is 3.86. The molecule has 1 unspecified atom stereocenters. The van der Waals surface area contributed by atoms with Crippen LogP contribution in [0, 0.1) is 0 Å². The Hall–Kier alpha value is -0.840. The fourth-order valence-corrected chi connectivity index (χ4v) is 2.16. The van der Waals surface area contributed by atoms with Gasteiger partial charge in [-0.15, -0.1) is 0 Å². The molecule has 88 valence electrons. The molecule has 1 aromatic heterocycles. The molecule has 0 aromatic carbocycles. The van der Waals surface area contributed by atoms with Crippen molar-refractivity contribution in [2.75, 3.05) is 38.3 Å². The van der Waals surface area contributed by atoms with Gasteiger partial charge in [0, 0.05) is 19.3 Å². The summed E-state index contributed by atoms with van der Waals surface area (Å²) in [6.45, 7) is 3.15. The van der Waals surface area contributed by atoms with Crippen molar-refractivity contribution < 1.29 is 4.74 Å². The summed E-state index contributed by atoms with van der Waals surface area (Å²) in [4.78, 5) is 6.56. The van der Waals surface area contributed by atoms with Gasteiger partial charge in [0.25, 0.3) is 0 Å². The van der Waals surface area contributed by atoms with Crippen molar-refractivity contribution >= 4 is 17.4 Å². The minimum atomic E-state index is 0.297. The molecule has 1 N–H and O–H groups in total. The zero-order valence-electron chi connectivity index (χ0n) is 9.32. The summed E-state index contributed by atoms with van der Waals surface area (Å²) in [5.41, 5.74) is 0. The van der Waals surface area contributed by atoms with Crippen LogP contribution < -0.4 is 10.2 Å². The van der Waals surface area contributed by atoms with Crippen LogP contribution in [0.15, 0.2) is 18.3 Å². The lowest BCUT2D eigenvalue weighted by atomic mass is 10.2. The van der Waals surface area contributed by atoms with Gasteiger partial charge in [0.2, 0.25) is 0 Å². The summed E-state index contributed by atoms with van der Waals surface area (Å²) < 4.78 is 5.47. The van der Waals surface area contributed by atoms with Crippen LogP contribution in [-0.2, 0) is 4.74 Å². The summed E-state index contributed by atoms with van der Waals surface area (Å²) in [5.74, 6) is 0.854. The molecule has 1 atom stereocenters. The van der Waals surface area contributed by atoms with E-state index in [4.69, 9.17) is 16.3 Å². The Morgan fingerprint density at radius 3 is 3.31 bits per heavy atom. The standard InChI is InChI=1S/C11H16ClN3O/c1-13-7-9-8-16-6-5-15(9)11-10(12)3-2-4-14-11/h2-4,9,13H,5-8H2,1H3. The smallest absolute Gasteiger partial charge is 0.147 e. The van der Waals surface area contributed by atoms with E-state index >= 15 is 0 Å². The Morgan fingerprint density at radius 1 is 1.69 bits per heavy atom. The first-order valence-corrected chi connectivity index (χ1v) is 5.80. The molecule has 0 radical (unpaired) electrons. The number of nitrogens with zero attached hydrogens (tertiary/aromatic N) is 2. The van der Waals surface area contributed by atoms with Gasteiger partial charge < -0.3 is 15.0 Å². The first-order chi connectivity index (χ1) is 7.83. The Bertz CT molecular complexity index is 346. The van der Waals surface area contributed by atoms with Gasteiger partial charge >= 0.3 is 0 Å². The van der Waals surface area contributed by atoms with Crippen LogP contribution in [0.4, 0.5) is 5.82 Å². The van der Waals surface area contributed by atoms with Gasteiger partial charge in [-0.1, -0.05) is 11.6 Å². The third kappa shape index (κ3) is 2.45. The van der Waals surface area contributed by atoms with E-state index in [-0.39, 0.29) is 0 Å². The lowest BCUT2D eigenvalue weighted by Gasteiger charge is -2.36. The molecule has 1 aliphatic rings. The second-order valence-corrected chi connectivity index (χ2v) is 4.20. The van der Waals surface area contributed by atoms with Gasteiger partial charge in [-0.3, -0.25) is 0 Å². The van der Waals surface area contributed by atoms with Crippen LogP contribution in [0.2, 0.25) is 5.02 Å². The molecule has 2 heterocycles. The zero-order valence-corrected chi connectivity index (χ0v) is 10.1. The second kappa shape index (κ2) is 5.48. The van der Waals surface area contributed by atoms with Crippen LogP contribution in [0.5, 0.6) is 0 Å². The molecule has 0 spiro atoms. The number of anilines is 1.